The van der Waals surface area contributed by atoms with Crippen LogP contribution in [0.3, 0.4) is 0 Å². The molecule has 3 N–H and O–H groups in total. The first-order chi connectivity index (χ1) is 8.13. The fraction of sp³-hybridized carbons (Fsp3) is 0.462. The van der Waals surface area contributed by atoms with Gasteiger partial charge in [-0.25, -0.2) is 0 Å². The fourth-order valence-electron chi connectivity index (χ4n) is 1.91. The highest BCUT2D eigenvalue weighted by Gasteiger charge is 2.43. The summed E-state index contributed by atoms with van der Waals surface area (Å²) in [5.41, 5.74) is 7.14. The van der Waals surface area contributed by atoms with E-state index in [0.717, 1.165) is 5.75 Å². The summed E-state index contributed by atoms with van der Waals surface area (Å²) in [5, 5.41) is 11.7. The first-order valence-corrected chi connectivity index (χ1v) is 6.78. The Morgan fingerprint density at radius 1 is 1.53 bits per heavy atom. The van der Waals surface area contributed by atoms with Crippen LogP contribution in [0.5, 0.6) is 0 Å². The average Bonchev–Trinajstić information content (AvgIpc) is 3.07. The molecule has 2 rings (SSSR count). The zero-order chi connectivity index (χ0) is 12.3. The van der Waals surface area contributed by atoms with E-state index in [4.69, 9.17) is 10.9 Å². The number of nitrogens with two attached hydrogens (primary N) is 1. The highest BCUT2D eigenvalue weighted by molar-refractivity contribution is 7.99. The maximum Gasteiger partial charge on any atom is 0.139 e. The van der Waals surface area contributed by atoms with Gasteiger partial charge in [-0.3, -0.25) is 0 Å². The molecule has 92 valence electrons. The van der Waals surface area contributed by atoms with Gasteiger partial charge in [0.05, 0.1) is 0 Å². The minimum atomic E-state index is 0.269. The van der Waals surface area contributed by atoms with Crippen molar-refractivity contribution >= 4 is 17.6 Å². The molecule has 17 heavy (non-hydrogen) atoms. The highest BCUT2D eigenvalue weighted by Crippen LogP contribution is 2.51. The smallest absolute Gasteiger partial charge is 0.139 e. The molecule has 1 aliphatic carbocycles. The van der Waals surface area contributed by atoms with Crippen molar-refractivity contribution in [1.29, 1.82) is 0 Å². The average molecular weight is 250 g/mol. The molecule has 1 aromatic rings. The van der Waals surface area contributed by atoms with E-state index in [2.05, 4.69) is 36.3 Å². The van der Waals surface area contributed by atoms with Crippen LogP contribution in [0.15, 0.2) is 34.3 Å². The van der Waals surface area contributed by atoms with E-state index < -0.39 is 0 Å². The Bertz CT molecular complexity index is 427. The standard InChI is InChI=1S/C13H18N2OS/c1-10-3-2-4-11(7-10)17-9-13(5-6-13)8-12(14)15-16/h2-4,7,16H,5-6,8-9H2,1H3,(H2,14,15). The van der Waals surface area contributed by atoms with E-state index in [1.165, 1.54) is 23.3 Å². The van der Waals surface area contributed by atoms with Crippen LogP contribution in [0, 0.1) is 12.3 Å². The topological polar surface area (TPSA) is 58.6 Å². The van der Waals surface area contributed by atoms with Gasteiger partial charge in [0.25, 0.3) is 0 Å². The minimum Gasteiger partial charge on any atom is -0.409 e. The molecule has 0 heterocycles. The lowest BCUT2D eigenvalue weighted by Crippen LogP contribution is -2.19. The molecule has 1 aromatic carbocycles. The Labute approximate surface area is 106 Å². The molecule has 0 radical (unpaired) electrons. The third kappa shape index (κ3) is 3.40. The summed E-state index contributed by atoms with van der Waals surface area (Å²) in [7, 11) is 0. The van der Waals surface area contributed by atoms with Crippen LogP contribution >= 0.6 is 11.8 Å². The Kier molecular flexibility index (Phi) is 3.62. The summed E-state index contributed by atoms with van der Waals surface area (Å²) in [6.07, 6.45) is 3.08. The summed E-state index contributed by atoms with van der Waals surface area (Å²) in [4.78, 5) is 1.30. The van der Waals surface area contributed by atoms with Gasteiger partial charge in [-0.2, -0.15) is 0 Å². The van der Waals surface area contributed by atoms with Crippen molar-refractivity contribution < 1.29 is 5.21 Å². The number of hydrogen-bond donors (Lipinski definition) is 2. The van der Waals surface area contributed by atoms with Crippen molar-refractivity contribution in [1.82, 2.24) is 0 Å². The number of thioether (sulfide) groups is 1. The molecular formula is C13H18N2OS. The molecule has 0 amide bonds. The number of hydrogen-bond acceptors (Lipinski definition) is 3. The maximum atomic E-state index is 8.60. The number of aryl methyl sites for hydroxylation is 1. The quantitative estimate of drug-likeness (QED) is 0.278. The zero-order valence-electron chi connectivity index (χ0n) is 10.0. The van der Waals surface area contributed by atoms with Crippen molar-refractivity contribution in [2.75, 3.05) is 5.75 Å². The largest absolute Gasteiger partial charge is 0.409 e. The van der Waals surface area contributed by atoms with Gasteiger partial charge in [0.1, 0.15) is 5.84 Å². The third-order valence-electron chi connectivity index (χ3n) is 3.18. The van der Waals surface area contributed by atoms with Gasteiger partial charge in [0.15, 0.2) is 0 Å². The van der Waals surface area contributed by atoms with Crippen LogP contribution in [-0.4, -0.2) is 16.8 Å². The van der Waals surface area contributed by atoms with E-state index >= 15 is 0 Å². The lowest BCUT2D eigenvalue weighted by molar-refractivity contribution is 0.315. The van der Waals surface area contributed by atoms with Crippen LogP contribution in [0.1, 0.15) is 24.8 Å². The van der Waals surface area contributed by atoms with Crippen molar-refractivity contribution in [3.63, 3.8) is 0 Å². The Morgan fingerprint density at radius 3 is 2.88 bits per heavy atom. The Morgan fingerprint density at radius 2 is 2.29 bits per heavy atom. The molecule has 1 saturated carbocycles. The van der Waals surface area contributed by atoms with Crippen LogP contribution in [0.25, 0.3) is 0 Å². The molecule has 0 spiro atoms. The molecule has 0 unspecified atom stereocenters. The van der Waals surface area contributed by atoms with Crippen LogP contribution < -0.4 is 5.73 Å². The number of benzene rings is 1. The summed E-state index contributed by atoms with van der Waals surface area (Å²) in [5.74, 6) is 1.40. The number of nitrogens with zero attached hydrogens (tertiary/aromatic N) is 1. The van der Waals surface area contributed by atoms with Crippen molar-refractivity contribution in [2.45, 2.75) is 31.1 Å². The first kappa shape index (κ1) is 12.3. The summed E-state index contributed by atoms with van der Waals surface area (Å²) in [6, 6.07) is 8.52. The Hall–Kier alpha value is -1.16. The highest BCUT2D eigenvalue weighted by atomic mass is 32.2. The summed E-state index contributed by atoms with van der Waals surface area (Å²) < 4.78 is 0. The molecule has 0 aromatic heterocycles. The van der Waals surface area contributed by atoms with Gasteiger partial charge in [-0.05, 0) is 37.3 Å². The molecule has 4 heteroatoms. The first-order valence-electron chi connectivity index (χ1n) is 5.79. The third-order valence-corrected chi connectivity index (χ3v) is 4.52. The molecular weight excluding hydrogens is 232 g/mol. The minimum absolute atomic E-state index is 0.269. The molecule has 1 aliphatic rings. The van der Waals surface area contributed by atoms with Gasteiger partial charge >= 0.3 is 0 Å². The second-order valence-electron chi connectivity index (χ2n) is 4.87. The normalized spacial score (nSPS) is 18.1. The second kappa shape index (κ2) is 5.00. The van der Waals surface area contributed by atoms with Crippen LogP contribution in [0.4, 0.5) is 0 Å². The SMILES string of the molecule is Cc1cccc(SCC2(CC(N)=NO)CC2)c1. The molecule has 3 nitrogen and oxygen atoms in total. The van der Waals surface area contributed by atoms with Crippen molar-refractivity contribution in [2.24, 2.45) is 16.3 Å². The van der Waals surface area contributed by atoms with Crippen LogP contribution in [-0.2, 0) is 0 Å². The second-order valence-corrected chi connectivity index (χ2v) is 5.92. The summed E-state index contributed by atoms with van der Waals surface area (Å²) >= 11 is 1.86. The van der Waals surface area contributed by atoms with E-state index in [1.54, 1.807) is 0 Å². The molecule has 0 aliphatic heterocycles. The van der Waals surface area contributed by atoms with Gasteiger partial charge in [-0.15, -0.1) is 11.8 Å². The molecule has 0 atom stereocenters. The van der Waals surface area contributed by atoms with Gasteiger partial charge < -0.3 is 10.9 Å². The fourth-order valence-corrected chi connectivity index (χ4v) is 3.22. The Balaban J connectivity index is 1.90. The lowest BCUT2D eigenvalue weighted by Gasteiger charge is -2.13. The molecule has 0 bridgehead atoms. The van der Waals surface area contributed by atoms with Gasteiger partial charge in [0, 0.05) is 17.1 Å². The number of rotatable bonds is 5. The van der Waals surface area contributed by atoms with Gasteiger partial charge in [-0.1, -0.05) is 22.9 Å². The number of amidine groups is 1. The number of oxime groups is 1. The van der Waals surface area contributed by atoms with Crippen molar-refractivity contribution in [3.8, 4) is 0 Å². The maximum absolute atomic E-state index is 8.60. The van der Waals surface area contributed by atoms with Gasteiger partial charge in [0.2, 0.25) is 0 Å². The summed E-state index contributed by atoms with van der Waals surface area (Å²) in [6.45, 7) is 2.10. The van der Waals surface area contributed by atoms with Crippen molar-refractivity contribution in [3.05, 3.63) is 29.8 Å². The van der Waals surface area contributed by atoms with E-state index in [-0.39, 0.29) is 5.41 Å². The molecule has 0 saturated heterocycles. The van der Waals surface area contributed by atoms with E-state index in [1.807, 2.05) is 11.8 Å². The van der Waals surface area contributed by atoms with E-state index in [0.29, 0.717) is 12.3 Å². The monoisotopic (exact) mass is 250 g/mol. The lowest BCUT2D eigenvalue weighted by atomic mass is 10.1. The zero-order valence-corrected chi connectivity index (χ0v) is 10.8. The molecule has 1 fully saturated rings. The van der Waals surface area contributed by atoms with E-state index in [9.17, 15) is 0 Å². The predicted molar refractivity (Wildman–Crippen MR) is 71.6 cm³/mol. The van der Waals surface area contributed by atoms with Crippen LogP contribution in [0.2, 0.25) is 0 Å². The predicted octanol–water partition coefficient (Wildman–Crippen LogP) is 3.00.